The van der Waals surface area contributed by atoms with Gasteiger partial charge in [-0.1, -0.05) is 28.7 Å². The molecule has 22 heavy (non-hydrogen) atoms. The highest BCUT2D eigenvalue weighted by Gasteiger charge is 2.34. The summed E-state index contributed by atoms with van der Waals surface area (Å²) in [5.74, 6) is 0. The van der Waals surface area contributed by atoms with Crippen LogP contribution in [0.25, 0.3) is 0 Å². The fourth-order valence-electron chi connectivity index (χ4n) is 2.80. The van der Waals surface area contributed by atoms with Crippen LogP contribution in [0.5, 0.6) is 0 Å². The van der Waals surface area contributed by atoms with Gasteiger partial charge in [-0.3, -0.25) is 9.52 Å². The molecule has 0 aliphatic carbocycles. The SMILES string of the molecule is CCn1nc(C)c(S(=O)(=O)N2Cc3ccccc3CO2)c1C. The summed E-state index contributed by atoms with van der Waals surface area (Å²) in [4.78, 5) is 5.73. The number of aryl methyl sites for hydroxylation is 2. The lowest BCUT2D eigenvalue weighted by atomic mass is 10.1. The maximum absolute atomic E-state index is 12.9. The average Bonchev–Trinajstić information content (AvgIpc) is 2.81. The summed E-state index contributed by atoms with van der Waals surface area (Å²) in [5, 5.41) is 4.29. The van der Waals surface area contributed by atoms with E-state index in [0.717, 1.165) is 15.6 Å². The lowest BCUT2D eigenvalue weighted by molar-refractivity contribution is -0.114. The first kappa shape index (κ1) is 15.2. The number of nitrogens with zero attached hydrogens (tertiary/aromatic N) is 3. The Balaban J connectivity index is 2.00. The Labute approximate surface area is 130 Å². The smallest absolute Gasteiger partial charge is 0.269 e. The lowest BCUT2D eigenvalue weighted by Crippen LogP contribution is -2.34. The number of aromatic nitrogens is 2. The number of benzene rings is 1. The molecule has 1 aliphatic heterocycles. The summed E-state index contributed by atoms with van der Waals surface area (Å²) >= 11 is 0. The van der Waals surface area contributed by atoms with Crippen molar-refractivity contribution in [2.45, 2.75) is 45.4 Å². The summed E-state index contributed by atoms with van der Waals surface area (Å²) in [6.07, 6.45) is 0. The molecule has 0 atom stereocenters. The highest BCUT2D eigenvalue weighted by atomic mass is 32.2. The number of hydrogen-bond acceptors (Lipinski definition) is 4. The molecule has 0 N–H and O–H groups in total. The standard InChI is InChI=1S/C15H19N3O3S/c1-4-17-12(3)15(11(2)16-17)22(19,20)18-9-13-7-5-6-8-14(13)10-21-18/h5-8H,4,9-10H2,1-3H3. The number of sulfonamides is 1. The van der Waals surface area contributed by atoms with Gasteiger partial charge in [0.1, 0.15) is 4.90 Å². The molecule has 0 saturated heterocycles. The molecule has 6 nitrogen and oxygen atoms in total. The van der Waals surface area contributed by atoms with E-state index in [-0.39, 0.29) is 18.0 Å². The fraction of sp³-hybridized carbons (Fsp3) is 0.400. The van der Waals surface area contributed by atoms with Crippen LogP contribution in [-0.2, 0) is 34.6 Å². The van der Waals surface area contributed by atoms with Crippen LogP contribution in [0, 0.1) is 13.8 Å². The van der Waals surface area contributed by atoms with Crippen LogP contribution in [0.2, 0.25) is 0 Å². The van der Waals surface area contributed by atoms with Crippen molar-refractivity contribution in [3.05, 3.63) is 46.8 Å². The minimum absolute atomic E-state index is 0.217. The molecule has 1 aromatic heterocycles. The number of fused-ring (bicyclic) bond motifs is 1. The second-order valence-corrected chi connectivity index (χ2v) is 7.09. The quantitative estimate of drug-likeness (QED) is 0.869. The largest absolute Gasteiger partial charge is 0.279 e. The molecule has 0 unspecified atom stereocenters. The van der Waals surface area contributed by atoms with Crippen LogP contribution in [0.4, 0.5) is 0 Å². The predicted molar refractivity (Wildman–Crippen MR) is 81.3 cm³/mol. The molecule has 0 amide bonds. The molecule has 0 spiro atoms. The number of hydroxylamine groups is 1. The van der Waals surface area contributed by atoms with Gasteiger partial charge in [0.25, 0.3) is 10.0 Å². The zero-order chi connectivity index (χ0) is 15.9. The van der Waals surface area contributed by atoms with E-state index >= 15 is 0 Å². The van der Waals surface area contributed by atoms with Gasteiger partial charge in [0.2, 0.25) is 0 Å². The van der Waals surface area contributed by atoms with Gasteiger partial charge in [-0.15, -0.1) is 0 Å². The van der Waals surface area contributed by atoms with Gasteiger partial charge in [0, 0.05) is 6.54 Å². The first-order chi connectivity index (χ1) is 10.4. The highest BCUT2D eigenvalue weighted by molar-refractivity contribution is 7.89. The van der Waals surface area contributed by atoms with Crippen LogP contribution in [0.1, 0.15) is 29.4 Å². The predicted octanol–water partition coefficient (Wildman–Crippen LogP) is 2.16. The molecule has 1 aromatic carbocycles. The third-order valence-corrected chi connectivity index (χ3v) is 5.80. The molecule has 2 aromatic rings. The van der Waals surface area contributed by atoms with Crippen molar-refractivity contribution in [2.75, 3.05) is 0 Å². The third-order valence-electron chi connectivity index (χ3n) is 3.92. The average molecular weight is 321 g/mol. The van der Waals surface area contributed by atoms with Crippen molar-refractivity contribution < 1.29 is 13.3 Å². The molecule has 0 radical (unpaired) electrons. The van der Waals surface area contributed by atoms with E-state index in [9.17, 15) is 8.42 Å². The van der Waals surface area contributed by atoms with Gasteiger partial charge < -0.3 is 0 Å². The van der Waals surface area contributed by atoms with Gasteiger partial charge >= 0.3 is 0 Å². The van der Waals surface area contributed by atoms with E-state index in [4.69, 9.17) is 4.84 Å². The van der Waals surface area contributed by atoms with Gasteiger partial charge in [-0.25, -0.2) is 8.42 Å². The van der Waals surface area contributed by atoms with E-state index in [0.29, 0.717) is 17.9 Å². The van der Waals surface area contributed by atoms with Crippen LogP contribution in [0.3, 0.4) is 0 Å². The molecule has 118 valence electrons. The van der Waals surface area contributed by atoms with Gasteiger partial charge in [0.15, 0.2) is 0 Å². The Morgan fingerprint density at radius 1 is 1.23 bits per heavy atom. The van der Waals surface area contributed by atoms with E-state index in [2.05, 4.69) is 5.10 Å². The Bertz CT molecular complexity index is 811. The van der Waals surface area contributed by atoms with Crippen LogP contribution in [0.15, 0.2) is 29.2 Å². The topological polar surface area (TPSA) is 64.4 Å². The van der Waals surface area contributed by atoms with Crippen molar-refractivity contribution in [3.8, 4) is 0 Å². The van der Waals surface area contributed by atoms with E-state index in [1.165, 1.54) is 0 Å². The first-order valence-corrected chi connectivity index (χ1v) is 8.65. The molecule has 2 heterocycles. The highest BCUT2D eigenvalue weighted by Crippen LogP contribution is 2.29. The zero-order valence-corrected chi connectivity index (χ0v) is 13.7. The zero-order valence-electron chi connectivity index (χ0n) is 12.9. The van der Waals surface area contributed by atoms with Crippen molar-refractivity contribution in [3.63, 3.8) is 0 Å². The summed E-state index contributed by atoms with van der Waals surface area (Å²) < 4.78 is 28.6. The minimum atomic E-state index is -3.73. The molecule has 1 aliphatic rings. The lowest BCUT2D eigenvalue weighted by Gasteiger charge is -2.27. The number of hydrogen-bond donors (Lipinski definition) is 0. The minimum Gasteiger partial charge on any atom is -0.279 e. The van der Waals surface area contributed by atoms with Gasteiger partial charge in [0.05, 0.1) is 24.5 Å². The number of rotatable bonds is 3. The normalized spacial score (nSPS) is 15.8. The second kappa shape index (κ2) is 5.49. The first-order valence-electron chi connectivity index (χ1n) is 7.21. The maximum atomic E-state index is 12.9. The summed E-state index contributed by atoms with van der Waals surface area (Å²) in [5.41, 5.74) is 3.13. The van der Waals surface area contributed by atoms with Gasteiger partial charge in [-0.2, -0.15) is 5.10 Å². The van der Waals surface area contributed by atoms with E-state index < -0.39 is 10.0 Å². The molecule has 0 bridgehead atoms. The van der Waals surface area contributed by atoms with E-state index in [1.807, 2.05) is 31.2 Å². The monoisotopic (exact) mass is 321 g/mol. The molecule has 0 fully saturated rings. The Kier molecular flexibility index (Phi) is 3.80. The Morgan fingerprint density at radius 2 is 1.91 bits per heavy atom. The maximum Gasteiger partial charge on any atom is 0.269 e. The van der Waals surface area contributed by atoms with Crippen LogP contribution >= 0.6 is 0 Å². The van der Waals surface area contributed by atoms with Crippen molar-refractivity contribution in [1.82, 2.24) is 14.2 Å². The fourth-order valence-corrected chi connectivity index (χ4v) is 4.39. The summed E-state index contributed by atoms with van der Waals surface area (Å²) in [6.45, 7) is 6.53. The van der Waals surface area contributed by atoms with Crippen LogP contribution in [-0.4, -0.2) is 22.7 Å². The van der Waals surface area contributed by atoms with Crippen molar-refractivity contribution in [1.29, 1.82) is 0 Å². The summed E-state index contributed by atoms with van der Waals surface area (Å²) in [7, 11) is -3.73. The molecule has 0 saturated carbocycles. The van der Waals surface area contributed by atoms with E-state index in [1.54, 1.807) is 18.5 Å². The summed E-state index contributed by atoms with van der Waals surface area (Å²) in [6, 6.07) is 7.70. The molecule has 3 rings (SSSR count). The third kappa shape index (κ3) is 2.35. The Morgan fingerprint density at radius 3 is 2.55 bits per heavy atom. The second-order valence-electron chi connectivity index (χ2n) is 5.32. The Hall–Kier alpha value is -1.70. The molecular formula is C15H19N3O3S. The van der Waals surface area contributed by atoms with Crippen LogP contribution < -0.4 is 0 Å². The van der Waals surface area contributed by atoms with Gasteiger partial charge in [-0.05, 0) is 31.9 Å². The molecule has 7 heteroatoms. The molecular weight excluding hydrogens is 302 g/mol. The van der Waals surface area contributed by atoms with Crippen molar-refractivity contribution >= 4 is 10.0 Å². The van der Waals surface area contributed by atoms with Crippen molar-refractivity contribution in [2.24, 2.45) is 0 Å².